The summed E-state index contributed by atoms with van der Waals surface area (Å²) in [6.45, 7) is 15.0. The molecular formula is C45H33N6Y3-3. The predicted octanol–water partition coefficient (Wildman–Crippen LogP) is 6.98. The van der Waals surface area contributed by atoms with Crippen LogP contribution in [-0.4, -0.2) is 4.57 Å². The Bertz CT molecular complexity index is 2540. The molecule has 0 spiro atoms. The van der Waals surface area contributed by atoms with Crippen molar-refractivity contribution in [3.8, 4) is 34.2 Å². The van der Waals surface area contributed by atoms with E-state index in [1.54, 1.807) is 0 Å². The van der Waals surface area contributed by atoms with Crippen molar-refractivity contribution in [2.24, 2.45) is 0 Å². The smallest absolute Gasteiger partial charge is 0.211 e. The molecular weight excluding hydrogens is 891 g/mol. The molecule has 4 aromatic carbocycles. The van der Waals surface area contributed by atoms with Crippen LogP contribution in [0.5, 0.6) is 0 Å². The number of hydrogen-bond acceptors (Lipinski definition) is 0. The number of nitrogens with zero attached hydrogens (tertiary/aromatic N) is 6. The number of aromatic nitrogens is 6. The van der Waals surface area contributed by atoms with E-state index < -0.39 is 0 Å². The summed E-state index contributed by atoms with van der Waals surface area (Å²) >= 11 is 0. The number of hydrogen-bond donors (Lipinski definition) is 0. The van der Waals surface area contributed by atoms with Crippen molar-refractivity contribution in [2.75, 3.05) is 0 Å². The summed E-state index contributed by atoms with van der Waals surface area (Å²) in [5, 5.41) is 2.45. The molecule has 3 aliphatic rings. The molecule has 0 atom stereocenters. The predicted molar refractivity (Wildman–Crippen MR) is 199 cm³/mol. The molecule has 0 fully saturated rings. The number of para-hydroxylation sites is 4. The van der Waals surface area contributed by atoms with Crippen molar-refractivity contribution in [1.82, 2.24) is 14.5 Å². The number of fused-ring (bicyclic) bond motifs is 15. The van der Waals surface area contributed by atoms with Gasteiger partial charge in [0.1, 0.15) is 18.1 Å². The van der Waals surface area contributed by atoms with Crippen LogP contribution in [0.2, 0.25) is 0 Å². The molecule has 0 unspecified atom stereocenters. The molecule has 0 saturated carbocycles. The quantitative estimate of drug-likeness (QED) is 0.122. The molecule has 12 rings (SSSR count). The second-order valence-corrected chi connectivity index (χ2v) is 13.3. The van der Waals surface area contributed by atoms with E-state index in [1.807, 2.05) is 42.5 Å². The van der Waals surface area contributed by atoms with Crippen LogP contribution in [0.4, 0.5) is 0 Å². The van der Waals surface area contributed by atoms with Crippen molar-refractivity contribution in [3.63, 3.8) is 0 Å². The molecule has 0 bridgehead atoms. The third-order valence-corrected chi connectivity index (χ3v) is 10.3. The summed E-state index contributed by atoms with van der Waals surface area (Å²) in [6, 6.07) is 42.9. The molecule has 3 aliphatic heterocycles. The first-order valence-corrected chi connectivity index (χ1v) is 17.2. The van der Waals surface area contributed by atoms with Gasteiger partial charge in [0.15, 0.2) is 6.54 Å². The summed E-state index contributed by atoms with van der Waals surface area (Å²) in [5.41, 5.74) is 16.3. The molecule has 0 amide bonds. The normalized spacial score (nSPS) is 12.0. The van der Waals surface area contributed by atoms with E-state index in [1.165, 1.54) is 49.9 Å². The topological polar surface area (TPSA) is 44.8 Å². The first-order chi connectivity index (χ1) is 25.0. The number of benzene rings is 4. The van der Waals surface area contributed by atoms with Gasteiger partial charge in [-0.05, 0) is 23.0 Å². The Hall–Kier alpha value is -3.35. The molecule has 9 heteroatoms. The Labute approximate surface area is 390 Å². The van der Waals surface area contributed by atoms with E-state index in [9.17, 15) is 0 Å². The zero-order valence-corrected chi connectivity index (χ0v) is 38.3. The van der Waals surface area contributed by atoms with Gasteiger partial charge in [0.05, 0.1) is 22.6 Å². The van der Waals surface area contributed by atoms with Gasteiger partial charge in [-0.2, -0.15) is 38.5 Å². The zero-order valence-electron chi connectivity index (χ0n) is 29.8. The summed E-state index contributed by atoms with van der Waals surface area (Å²) in [6.07, 6.45) is 4.19. The molecule has 255 valence electrons. The van der Waals surface area contributed by atoms with E-state index in [2.05, 4.69) is 130 Å². The Kier molecular flexibility index (Phi) is 11.3. The van der Waals surface area contributed by atoms with Gasteiger partial charge in [0, 0.05) is 116 Å². The molecule has 9 aromatic rings. The average molecular weight is 925 g/mol. The largest absolute Gasteiger partial charge is 0.662 e. The van der Waals surface area contributed by atoms with E-state index >= 15 is 0 Å². The summed E-state index contributed by atoms with van der Waals surface area (Å²) < 4.78 is 9.01. The zero-order chi connectivity index (χ0) is 34.2. The van der Waals surface area contributed by atoms with Gasteiger partial charge < -0.3 is 14.1 Å². The van der Waals surface area contributed by atoms with Crippen LogP contribution < -0.4 is 23.7 Å². The van der Waals surface area contributed by atoms with Gasteiger partial charge >= 0.3 is 0 Å². The van der Waals surface area contributed by atoms with Crippen molar-refractivity contribution in [3.05, 3.63) is 182 Å². The molecule has 8 heterocycles. The van der Waals surface area contributed by atoms with Crippen LogP contribution in [0.15, 0.2) is 128 Å². The maximum atomic E-state index is 4.73. The van der Waals surface area contributed by atoms with Gasteiger partial charge in [-0.1, -0.05) is 77.9 Å². The molecule has 0 N–H and O–H groups in total. The molecule has 0 aliphatic carbocycles. The van der Waals surface area contributed by atoms with Crippen LogP contribution in [0.1, 0.15) is 27.8 Å². The fraction of sp³-hybridized carbons (Fsp3) is 0.0667. The van der Waals surface area contributed by atoms with Gasteiger partial charge in [-0.3, -0.25) is 4.57 Å². The fourth-order valence-electron chi connectivity index (χ4n) is 7.98. The van der Waals surface area contributed by atoms with Crippen LogP contribution in [0.3, 0.4) is 0 Å². The van der Waals surface area contributed by atoms with Crippen molar-refractivity contribution in [1.29, 1.82) is 0 Å². The van der Waals surface area contributed by atoms with Gasteiger partial charge in [-0.15, -0.1) is 58.1 Å². The Morgan fingerprint density at radius 3 is 2.13 bits per heavy atom. The maximum absolute atomic E-state index is 4.73. The fourth-order valence-corrected chi connectivity index (χ4v) is 7.98. The van der Waals surface area contributed by atoms with E-state index in [0.29, 0.717) is 0 Å². The van der Waals surface area contributed by atoms with Crippen LogP contribution >= 0.6 is 0 Å². The number of imidazole rings is 1. The number of rotatable bonds is 0. The van der Waals surface area contributed by atoms with E-state index in [0.717, 1.165) is 64.7 Å². The Morgan fingerprint density at radius 1 is 0.611 bits per heavy atom. The monoisotopic (exact) mass is 924 g/mol. The molecule has 6 nitrogen and oxygen atoms in total. The molecule has 3 radical (unpaired) electrons. The third-order valence-electron chi connectivity index (χ3n) is 10.3. The van der Waals surface area contributed by atoms with Crippen molar-refractivity contribution >= 4 is 32.8 Å². The van der Waals surface area contributed by atoms with E-state index in [-0.39, 0.29) is 98.1 Å². The Balaban J connectivity index is 0.000000122. The van der Waals surface area contributed by atoms with Gasteiger partial charge in [0.2, 0.25) is 6.67 Å². The first kappa shape index (κ1) is 38.9. The van der Waals surface area contributed by atoms with E-state index in [4.69, 9.17) is 9.97 Å². The number of pyridine rings is 2. The minimum atomic E-state index is 0. The summed E-state index contributed by atoms with van der Waals surface area (Å²) in [4.78, 5) is 9.45. The maximum Gasteiger partial charge on any atom is 0.211 e. The standard InChI is InChI=1S/3C15H11N2.3Y/c1-10-5-4-6-11-9-17-13-8-3-2-7-12(13)16-15(17)14(10)11;1-11-5-4-8-16-10-17-13-7-3-2-6-12(13)9-14(17)15(11)16;1-10-5-4-8-17-9-12-11-6-2-3-7-13(11)16-14(12)15(10)17;;;/h2-8H,1,9H2;2-8H,1,10H2;2-8H,1,9H2;;;/q3*-1;;;. The summed E-state index contributed by atoms with van der Waals surface area (Å²) in [7, 11) is 0. The van der Waals surface area contributed by atoms with Crippen molar-refractivity contribution in [2.45, 2.75) is 19.8 Å². The van der Waals surface area contributed by atoms with Gasteiger partial charge in [0.25, 0.3) is 0 Å². The third kappa shape index (κ3) is 6.37. The second kappa shape index (κ2) is 15.7. The average Bonchev–Trinajstić information content (AvgIpc) is 3.97. The first-order valence-electron chi connectivity index (χ1n) is 17.2. The minimum Gasteiger partial charge on any atom is -0.662 e. The van der Waals surface area contributed by atoms with Crippen LogP contribution in [-0.2, 0) is 118 Å². The van der Waals surface area contributed by atoms with Crippen LogP contribution in [0.25, 0.3) is 67.0 Å². The Morgan fingerprint density at radius 2 is 1.30 bits per heavy atom. The van der Waals surface area contributed by atoms with Gasteiger partial charge in [-0.25, -0.2) is 9.55 Å². The SMILES string of the molecule is [CH2-]c1ccc[n+]2c1-c1[c-]c3ccccc3n1C2.[CH2-]c1ccc[n+]2c1-c1[n-]c3ccccc3c1C2.[CH2-]c1cccc2c1-c1[n-]c3ccccc3[n+]1C2.[Y].[Y].[Y]. The minimum absolute atomic E-state index is 0. The molecule has 0 saturated heterocycles. The molecule has 5 aromatic heterocycles. The van der Waals surface area contributed by atoms with Crippen molar-refractivity contribution < 1.29 is 112 Å². The second-order valence-electron chi connectivity index (χ2n) is 13.3. The van der Waals surface area contributed by atoms with Crippen LogP contribution in [0, 0.1) is 26.8 Å². The molecule has 54 heavy (non-hydrogen) atoms. The summed E-state index contributed by atoms with van der Waals surface area (Å²) in [5.74, 6) is 1.06.